The van der Waals surface area contributed by atoms with E-state index in [1.807, 2.05) is 29.2 Å². The predicted molar refractivity (Wildman–Crippen MR) is 82.4 cm³/mol. The number of rotatable bonds is 3. The number of carbonyl (C=O) groups is 1. The molecule has 1 N–H and O–H groups in total. The van der Waals surface area contributed by atoms with Crippen LogP contribution in [0.3, 0.4) is 0 Å². The first-order chi connectivity index (χ1) is 10.2. The minimum atomic E-state index is -0.341. The number of amides is 1. The molecule has 1 amide bonds. The molecule has 3 unspecified atom stereocenters. The molecule has 4 heteroatoms. The number of ether oxygens (including phenoxy) is 1. The first-order valence-corrected chi connectivity index (χ1v) is 8.01. The zero-order chi connectivity index (χ0) is 14.8. The maximum absolute atomic E-state index is 12.9. The van der Waals surface area contributed by atoms with Crippen molar-refractivity contribution in [2.24, 2.45) is 0 Å². The maximum Gasteiger partial charge on any atom is 0.264 e. The summed E-state index contributed by atoms with van der Waals surface area (Å²) in [6, 6.07) is 8.65. The number of para-hydroxylation sites is 1. The Morgan fingerprint density at radius 3 is 2.86 bits per heavy atom. The second-order valence-electron chi connectivity index (χ2n) is 5.98. The van der Waals surface area contributed by atoms with Gasteiger partial charge < -0.3 is 15.0 Å². The Kier molecular flexibility index (Phi) is 4.15. The van der Waals surface area contributed by atoms with E-state index in [9.17, 15) is 4.79 Å². The fraction of sp³-hybridized carbons (Fsp3) is 0.588. The van der Waals surface area contributed by atoms with Gasteiger partial charge in [0.15, 0.2) is 6.10 Å². The molecule has 2 aliphatic heterocycles. The highest BCUT2D eigenvalue weighted by Gasteiger charge is 2.37. The Bertz CT molecular complexity index is 492. The lowest BCUT2D eigenvalue weighted by atomic mass is 10.0. The molecule has 0 aromatic heterocycles. The van der Waals surface area contributed by atoms with E-state index < -0.39 is 0 Å². The zero-order valence-corrected chi connectivity index (χ0v) is 12.8. The van der Waals surface area contributed by atoms with Crippen molar-refractivity contribution in [1.29, 1.82) is 0 Å². The van der Waals surface area contributed by atoms with Crippen molar-refractivity contribution >= 4 is 5.91 Å². The topological polar surface area (TPSA) is 41.6 Å². The molecule has 0 aliphatic carbocycles. The van der Waals surface area contributed by atoms with Crippen LogP contribution >= 0.6 is 0 Å². The minimum absolute atomic E-state index is 0.151. The van der Waals surface area contributed by atoms with Crippen LogP contribution in [0, 0.1) is 0 Å². The highest BCUT2D eigenvalue weighted by atomic mass is 16.5. The number of benzene rings is 1. The van der Waals surface area contributed by atoms with Crippen molar-refractivity contribution in [2.75, 3.05) is 13.1 Å². The second kappa shape index (κ2) is 6.06. The first-order valence-electron chi connectivity index (χ1n) is 8.01. The Hall–Kier alpha value is -1.55. The van der Waals surface area contributed by atoms with Gasteiger partial charge in [0.05, 0.1) is 0 Å². The van der Waals surface area contributed by atoms with Crippen LogP contribution in [0.4, 0.5) is 0 Å². The largest absolute Gasteiger partial charge is 0.480 e. The van der Waals surface area contributed by atoms with Crippen molar-refractivity contribution in [2.45, 2.75) is 51.3 Å². The first kappa shape index (κ1) is 14.4. The molecule has 0 saturated carbocycles. The molecule has 114 valence electrons. The Labute approximate surface area is 126 Å². The van der Waals surface area contributed by atoms with Crippen molar-refractivity contribution in [3.8, 4) is 5.75 Å². The van der Waals surface area contributed by atoms with Crippen LogP contribution in [0.2, 0.25) is 0 Å². The summed E-state index contributed by atoms with van der Waals surface area (Å²) in [4.78, 5) is 14.9. The third kappa shape index (κ3) is 2.77. The number of piperazine rings is 1. The summed E-state index contributed by atoms with van der Waals surface area (Å²) in [5.41, 5.74) is 1.14. The summed E-state index contributed by atoms with van der Waals surface area (Å²) < 4.78 is 5.87. The molecule has 4 nitrogen and oxygen atoms in total. The fourth-order valence-corrected chi connectivity index (χ4v) is 3.28. The van der Waals surface area contributed by atoms with Crippen molar-refractivity contribution in [3.63, 3.8) is 0 Å². The van der Waals surface area contributed by atoms with E-state index in [0.717, 1.165) is 37.2 Å². The average molecular weight is 288 g/mol. The summed E-state index contributed by atoms with van der Waals surface area (Å²) in [6.07, 6.45) is 2.39. The van der Waals surface area contributed by atoms with Crippen LogP contribution in [0.5, 0.6) is 5.75 Å². The lowest BCUT2D eigenvalue weighted by Gasteiger charge is -2.40. The maximum atomic E-state index is 12.9. The van der Waals surface area contributed by atoms with E-state index in [1.165, 1.54) is 0 Å². The second-order valence-corrected chi connectivity index (χ2v) is 5.98. The smallest absolute Gasteiger partial charge is 0.264 e. The van der Waals surface area contributed by atoms with Gasteiger partial charge in [0.2, 0.25) is 0 Å². The lowest BCUT2D eigenvalue weighted by molar-refractivity contribution is -0.142. The molecule has 1 saturated heterocycles. The van der Waals surface area contributed by atoms with E-state index in [-0.39, 0.29) is 18.1 Å². The third-order valence-corrected chi connectivity index (χ3v) is 4.67. The number of fused-ring (bicyclic) bond motifs is 1. The van der Waals surface area contributed by atoms with E-state index >= 15 is 0 Å². The molecule has 1 aromatic rings. The molecule has 3 rings (SSSR count). The summed E-state index contributed by atoms with van der Waals surface area (Å²) in [5, 5.41) is 3.53. The molecule has 0 radical (unpaired) electrons. The van der Waals surface area contributed by atoms with Crippen LogP contribution in [0.1, 0.15) is 32.3 Å². The van der Waals surface area contributed by atoms with Gasteiger partial charge in [0.1, 0.15) is 5.75 Å². The average Bonchev–Trinajstić information content (AvgIpc) is 2.97. The monoisotopic (exact) mass is 288 g/mol. The number of hydrogen-bond donors (Lipinski definition) is 1. The van der Waals surface area contributed by atoms with Gasteiger partial charge in [-0.1, -0.05) is 32.0 Å². The van der Waals surface area contributed by atoms with Gasteiger partial charge in [-0.3, -0.25) is 4.79 Å². The summed E-state index contributed by atoms with van der Waals surface area (Å²) in [7, 11) is 0. The van der Waals surface area contributed by atoms with Gasteiger partial charge >= 0.3 is 0 Å². The zero-order valence-electron chi connectivity index (χ0n) is 12.8. The molecule has 21 heavy (non-hydrogen) atoms. The van der Waals surface area contributed by atoms with Crippen molar-refractivity contribution < 1.29 is 9.53 Å². The van der Waals surface area contributed by atoms with Crippen LogP contribution in [0.25, 0.3) is 0 Å². The summed E-state index contributed by atoms with van der Waals surface area (Å²) in [6.45, 7) is 5.99. The highest BCUT2D eigenvalue weighted by Crippen LogP contribution is 2.29. The number of nitrogens with one attached hydrogen (secondary N) is 1. The fourth-order valence-electron chi connectivity index (χ4n) is 3.28. The van der Waals surface area contributed by atoms with Gasteiger partial charge in [-0.05, 0) is 24.5 Å². The molecular formula is C17H24N2O2. The Balaban J connectivity index is 1.72. The quantitative estimate of drug-likeness (QED) is 0.924. The summed E-state index contributed by atoms with van der Waals surface area (Å²) in [5.74, 6) is 1.02. The van der Waals surface area contributed by atoms with Gasteiger partial charge in [-0.15, -0.1) is 0 Å². The number of hydrogen-bond acceptors (Lipinski definition) is 3. The van der Waals surface area contributed by atoms with E-state index in [1.54, 1.807) is 0 Å². The van der Waals surface area contributed by atoms with Crippen LogP contribution in [-0.2, 0) is 11.2 Å². The van der Waals surface area contributed by atoms with Gasteiger partial charge in [0, 0.05) is 31.6 Å². The number of carbonyl (C=O) groups excluding carboxylic acids is 1. The van der Waals surface area contributed by atoms with Crippen LogP contribution in [-0.4, -0.2) is 42.1 Å². The molecule has 0 bridgehead atoms. The van der Waals surface area contributed by atoms with Gasteiger partial charge in [0.25, 0.3) is 5.91 Å². The molecule has 0 spiro atoms. The van der Waals surface area contributed by atoms with Crippen molar-refractivity contribution in [1.82, 2.24) is 10.2 Å². The van der Waals surface area contributed by atoms with E-state index in [4.69, 9.17) is 4.74 Å². The predicted octanol–water partition coefficient (Wildman–Crippen LogP) is 1.98. The Morgan fingerprint density at radius 1 is 1.33 bits per heavy atom. The normalized spacial score (nSPS) is 28.1. The molecule has 1 aromatic carbocycles. The number of nitrogens with zero attached hydrogens (tertiary/aromatic N) is 1. The SMILES string of the molecule is CCC1CN(C(=O)C2Cc3ccccc3O2)C(CC)CN1. The van der Waals surface area contributed by atoms with E-state index in [0.29, 0.717) is 12.5 Å². The van der Waals surface area contributed by atoms with Gasteiger partial charge in [-0.2, -0.15) is 0 Å². The molecule has 3 atom stereocenters. The molecule has 2 aliphatic rings. The Morgan fingerprint density at radius 2 is 2.14 bits per heavy atom. The van der Waals surface area contributed by atoms with Gasteiger partial charge in [-0.25, -0.2) is 0 Å². The van der Waals surface area contributed by atoms with Crippen LogP contribution < -0.4 is 10.1 Å². The molecular weight excluding hydrogens is 264 g/mol. The van der Waals surface area contributed by atoms with Crippen LogP contribution in [0.15, 0.2) is 24.3 Å². The standard InChI is InChI=1S/C17H24N2O2/c1-3-13-11-19(14(4-2)10-18-13)17(20)16-9-12-7-5-6-8-15(12)21-16/h5-8,13-14,16,18H,3-4,9-11H2,1-2H3. The third-order valence-electron chi connectivity index (χ3n) is 4.67. The highest BCUT2D eigenvalue weighted by molar-refractivity contribution is 5.83. The van der Waals surface area contributed by atoms with E-state index in [2.05, 4.69) is 19.2 Å². The molecule has 2 heterocycles. The minimum Gasteiger partial charge on any atom is -0.480 e. The lowest BCUT2D eigenvalue weighted by Crippen LogP contribution is -2.60. The summed E-state index contributed by atoms with van der Waals surface area (Å²) >= 11 is 0. The van der Waals surface area contributed by atoms with Crippen molar-refractivity contribution in [3.05, 3.63) is 29.8 Å². The molecule has 1 fully saturated rings.